The van der Waals surface area contributed by atoms with Gasteiger partial charge in [0.15, 0.2) is 0 Å². The predicted molar refractivity (Wildman–Crippen MR) is 83.7 cm³/mol. The number of hydrogen-bond donors (Lipinski definition) is 1. The highest BCUT2D eigenvalue weighted by Crippen LogP contribution is 2.30. The molecule has 0 aliphatic heterocycles. The lowest BCUT2D eigenvalue weighted by Crippen LogP contribution is -2.26. The minimum absolute atomic E-state index is 0.191. The number of benzene rings is 1. The highest BCUT2D eigenvalue weighted by molar-refractivity contribution is 9.11. The summed E-state index contributed by atoms with van der Waals surface area (Å²) < 4.78 is 46.5. The van der Waals surface area contributed by atoms with E-state index < -0.39 is 21.9 Å². The van der Waals surface area contributed by atoms with Crippen molar-refractivity contribution in [3.8, 4) is 5.75 Å². The molecule has 1 aromatic heterocycles. The largest absolute Gasteiger partial charge is 0.496 e. The molecule has 1 atom stereocenters. The molecule has 1 N–H and O–H groups in total. The van der Waals surface area contributed by atoms with Crippen LogP contribution in [0.5, 0.6) is 5.75 Å². The Morgan fingerprint density at radius 1 is 1.33 bits per heavy atom. The van der Waals surface area contributed by atoms with Gasteiger partial charge in [0.1, 0.15) is 15.8 Å². The van der Waals surface area contributed by atoms with Gasteiger partial charge >= 0.3 is 0 Å². The maximum absolute atomic E-state index is 13.4. The van der Waals surface area contributed by atoms with Gasteiger partial charge in [-0.15, -0.1) is 11.3 Å². The summed E-state index contributed by atoms with van der Waals surface area (Å²) in [7, 11) is -2.21. The van der Waals surface area contributed by atoms with Crippen molar-refractivity contribution in [2.24, 2.45) is 0 Å². The van der Waals surface area contributed by atoms with E-state index in [4.69, 9.17) is 4.74 Å². The molecule has 0 aliphatic carbocycles. The summed E-state index contributed by atoms with van der Waals surface area (Å²) in [5, 5.41) is 0. The lowest BCUT2D eigenvalue weighted by Gasteiger charge is -2.17. The molecule has 0 aliphatic rings. The number of halogens is 2. The zero-order valence-corrected chi connectivity index (χ0v) is 14.5. The molecule has 0 bridgehead atoms. The zero-order valence-electron chi connectivity index (χ0n) is 11.3. The van der Waals surface area contributed by atoms with E-state index in [9.17, 15) is 12.8 Å². The lowest BCUT2D eigenvalue weighted by atomic mass is 10.1. The summed E-state index contributed by atoms with van der Waals surface area (Å²) in [5.74, 6) is -0.0188. The number of sulfonamides is 1. The number of ether oxygens (including phenoxy) is 1. The molecule has 0 radical (unpaired) electrons. The van der Waals surface area contributed by atoms with E-state index in [1.54, 1.807) is 13.0 Å². The molecule has 4 nitrogen and oxygen atoms in total. The molecule has 114 valence electrons. The molecule has 8 heteroatoms. The van der Waals surface area contributed by atoms with Gasteiger partial charge in [-0.3, -0.25) is 0 Å². The van der Waals surface area contributed by atoms with Gasteiger partial charge in [0.05, 0.1) is 10.9 Å². The third kappa shape index (κ3) is 3.82. The highest BCUT2D eigenvalue weighted by Gasteiger charge is 2.22. The highest BCUT2D eigenvalue weighted by atomic mass is 79.9. The van der Waals surface area contributed by atoms with E-state index in [1.165, 1.54) is 31.4 Å². The summed E-state index contributed by atoms with van der Waals surface area (Å²) in [5.41, 5.74) is 0.441. The average Bonchev–Trinajstić information content (AvgIpc) is 2.85. The Morgan fingerprint density at radius 2 is 2.05 bits per heavy atom. The fraction of sp³-hybridized carbons (Fsp3) is 0.231. The predicted octanol–water partition coefficient (Wildman–Crippen LogP) is 3.70. The summed E-state index contributed by atoms with van der Waals surface area (Å²) >= 11 is 4.33. The Bertz CT molecular complexity index is 746. The first-order valence-electron chi connectivity index (χ1n) is 5.94. The molecule has 0 saturated carbocycles. The first kappa shape index (κ1) is 16.4. The molecule has 2 aromatic rings. The van der Waals surface area contributed by atoms with Crippen LogP contribution in [0.3, 0.4) is 0 Å². The van der Waals surface area contributed by atoms with Crippen LogP contribution in [0.25, 0.3) is 0 Å². The van der Waals surface area contributed by atoms with Crippen molar-refractivity contribution in [3.05, 3.63) is 45.5 Å². The summed E-state index contributed by atoms with van der Waals surface area (Å²) in [6.45, 7) is 1.64. The van der Waals surface area contributed by atoms with E-state index in [0.29, 0.717) is 11.3 Å². The summed E-state index contributed by atoms with van der Waals surface area (Å²) in [6, 6.07) is 6.54. The van der Waals surface area contributed by atoms with Gasteiger partial charge in [0.25, 0.3) is 10.0 Å². The molecule has 2 rings (SSSR count). The summed E-state index contributed by atoms with van der Waals surface area (Å²) in [6.07, 6.45) is 0. The zero-order chi connectivity index (χ0) is 15.6. The van der Waals surface area contributed by atoms with Gasteiger partial charge in [0.2, 0.25) is 0 Å². The Balaban J connectivity index is 2.29. The van der Waals surface area contributed by atoms with Crippen LogP contribution in [0.1, 0.15) is 18.5 Å². The van der Waals surface area contributed by atoms with Gasteiger partial charge in [-0.25, -0.2) is 17.5 Å². The molecule has 1 aromatic carbocycles. The van der Waals surface area contributed by atoms with Crippen molar-refractivity contribution in [3.63, 3.8) is 0 Å². The van der Waals surface area contributed by atoms with Crippen LogP contribution in [0.4, 0.5) is 4.39 Å². The molecule has 0 amide bonds. The SMILES string of the molecule is COc1ccc(F)cc1C(C)NS(=O)(=O)c1ccc(Br)s1. The van der Waals surface area contributed by atoms with Crippen molar-refractivity contribution >= 4 is 37.3 Å². The Morgan fingerprint density at radius 3 is 2.62 bits per heavy atom. The molecule has 21 heavy (non-hydrogen) atoms. The quantitative estimate of drug-likeness (QED) is 0.842. The molecular formula is C13H13BrFNO3S2. The number of nitrogens with one attached hydrogen (secondary N) is 1. The monoisotopic (exact) mass is 393 g/mol. The van der Waals surface area contributed by atoms with Crippen molar-refractivity contribution in [2.45, 2.75) is 17.2 Å². The maximum Gasteiger partial charge on any atom is 0.250 e. The van der Waals surface area contributed by atoms with Gasteiger partial charge in [-0.2, -0.15) is 0 Å². The second kappa shape index (κ2) is 6.43. The smallest absolute Gasteiger partial charge is 0.250 e. The van der Waals surface area contributed by atoms with Crippen molar-refractivity contribution in [1.29, 1.82) is 0 Å². The normalized spacial score (nSPS) is 13.1. The van der Waals surface area contributed by atoms with E-state index in [1.807, 2.05) is 0 Å². The van der Waals surface area contributed by atoms with E-state index in [0.717, 1.165) is 15.1 Å². The van der Waals surface area contributed by atoms with Crippen LogP contribution in [0.2, 0.25) is 0 Å². The fourth-order valence-electron chi connectivity index (χ4n) is 1.84. The molecule has 0 fully saturated rings. The second-order valence-corrected chi connectivity index (χ2v) is 8.69. The van der Waals surface area contributed by atoms with E-state index in [2.05, 4.69) is 20.7 Å². The molecule has 0 spiro atoms. The number of rotatable bonds is 5. The van der Waals surface area contributed by atoms with Crippen LogP contribution in [-0.4, -0.2) is 15.5 Å². The van der Waals surface area contributed by atoms with Crippen molar-refractivity contribution in [2.75, 3.05) is 7.11 Å². The van der Waals surface area contributed by atoms with E-state index in [-0.39, 0.29) is 4.21 Å². The molecule has 1 unspecified atom stereocenters. The average molecular weight is 394 g/mol. The second-order valence-electron chi connectivity index (χ2n) is 4.29. The van der Waals surface area contributed by atoms with Crippen LogP contribution in [0.15, 0.2) is 38.3 Å². The first-order valence-corrected chi connectivity index (χ1v) is 9.04. The lowest BCUT2D eigenvalue weighted by molar-refractivity contribution is 0.403. The summed E-state index contributed by atoms with van der Waals surface area (Å²) in [4.78, 5) is 0. The number of hydrogen-bond acceptors (Lipinski definition) is 4. The fourth-order valence-corrected chi connectivity index (χ4v) is 5.09. The molecule has 0 saturated heterocycles. The van der Waals surface area contributed by atoms with Crippen molar-refractivity contribution in [1.82, 2.24) is 4.72 Å². The minimum atomic E-state index is -3.66. The van der Waals surface area contributed by atoms with Gasteiger partial charge < -0.3 is 4.74 Å². The third-order valence-corrected chi connectivity index (χ3v) is 6.46. The minimum Gasteiger partial charge on any atom is -0.496 e. The third-order valence-electron chi connectivity index (χ3n) is 2.80. The van der Waals surface area contributed by atoms with Crippen LogP contribution in [-0.2, 0) is 10.0 Å². The van der Waals surface area contributed by atoms with Gasteiger partial charge in [0, 0.05) is 11.6 Å². The first-order chi connectivity index (χ1) is 9.83. The number of methoxy groups -OCH3 is 1. The number of thiophene rings is 1. The van der Waals surface area contributed by atoms with Crippen LogP contribution < -0.4 is 9.46 Å². The molecular weight excluding hydrogens is 381 g/mol. The van der Waals surface area contributed by atoms with Crippen LogP contribution >= 0.6 is 27.3 Å². The molecule has 1 heterocycles. The Kier molecular flexibility index (Phi) is 5.03. The topological polar surface area (TPSA) is 55.4 Å². The van der Waals surface area contributed by atoms with Gasteiger partial charge in [-0.1, -0.05) is 0 Å². The van der Waals surface area contributed by atoms with Crippen molar-refractivity contribution < 1.29 is 17.5 Å². The Hall–Kier alpha value is -0.960. The Labute approximate surface area is 135 Å². The van der Waals surface area contributed by atoms with Gasteiger partial charge in [-0.05, 0) is 53.2 Å². The van der Waals surface area contributed by atoms with Crippen LogP contribution in [0, 0.1) is 5.82 Å². The standard InChI is InChI=1S/C13H13BrFNO3S2/c1-8(10-7-9(15)3-4-11(10)19-2)16-21(17,18)13-6-5-12(14)20-13/h3-8,16H,1-2H3. The maximum atomic E-state index is 13.4. The van der Waals surface area contributed by atoms with E-state index >= 15 is 0 Å².